The van der Waals surface area contributed by atoms with Gasteiger partial charge in [-0.25, -0.2) is 8.42 Å². The van der Waals surface area contributed by atoms with Crippen LogP contribution in [-0.4, -0.2) is 19.9 Å². The van der Waals surface area contributed by atoms with Gasteiger partial charge in [0.05, 0.1) is 11.9 Å². The SMILES string of the molecule is NCCc1ccc(S(=O)(=O)Nc2cccnc2)s1. The summed E-state index contributed by atoms with van der Waals surface area (Å²) < 4.78 is 26.9. The molecule has 0 atom stereocenters. The lowest BCUT2D eigenvalue weighted by molar-refractivity contribution is 0.603. The third-order valence-electron chi connectivity index (χ3n) is 2.21. The average Bonchev–Trinajstić information content (AvgIpc) is 2.80. The highest BCUT2D eigenvalue weighted by atomic mass is 32.2. The van der Waals surface area contributed by atoms with E-state index < -0.39 is 10.0 Å². The van der Waals surface area contributed by atoms with Crippen molar-refractivity contribution in [3.63, 3.8) is 0 Å². The summed E-state index contributed by atoms with van der Waals surface area (Å²) in [5.74, 6) is 0. The van der Waals surface area contributed by atoms with Crippen molar-refractivity contribution >= 4 is 27.0 Å². The number of hydrogen-bond acceptors (Lipinski definition) is 5. The molecule has 0 aliphatic rings. The van der Waals surface area contributed by atoms with E-state index >= 15 is 0 Å². The smallest absolute Gasteiger partial charge is 0.271 e. The van der Waals surface area contributed by atoms with Crippen LogP contribution in [0.15, 0.2) is 40.9 Å². The van der Waals surface area contributed by atoms with Crippen LogP contribution in [0.5, 0.6) is 0 Å². The quantitative estimate of drug-likeness (QED) is 0.869. The molecule has 0 saturated carbocycles. The first-order chi connectivity index (χ1) is 8.62. The van der Waals surface area contributed by atoms with Crippen molar-refractivity contribution in [3.05, 3.63) is 41.5 Å². The van der Waals surface area contributed by atoms with Gasteiger partial charge in [0.1, 0.15) is 4.21 Å². The molecule has 0 aromatic carbocycles. The molecule has 0 spiro atoms. The average molecular weight is 283 g/mol. The molecule has 2 aromatic heterocycles. The van der Waals surface area contributed by atoms with Crippen LogP contribution < -0.4 is 10.5 Å². The number of nitrogens with zero attached hydrogens (tertiary/aromatic N) is 1. The van der Waals surface area contributed by atoms with Crippen LogP contribution in [0.1, 0.15) is 4.88 Å². The van der Waals surface area contributed by atoms with Crippen LogP contribution in [0.3, 0.4) is 0 Å². The van der Waals surface area contributed by atoms with Gasteiger partial charge in [0.25, 0.3) is 10.0 Å². The summed E-state index contributed by atoms with van der Waals surface area (Å²) in [6, 6.07) is 6.70. The van der Waals surface area contributed by atoms with Gasteiger partial charge in [0.2, 0.25) is 0 Å². The van der Waals surface area contributed by atoms with Crippen LogP contribution in [0.25, 0.3) is 0 Å². The molecule has 18 heavy (non-hydrogen) atoms. The van der Waals surface area contributed by atoms with E-state index in [0.717, 1.165) is 4.88 Å². The molecule has 0 unspecified atom stereocenters. The first-order valence-electron chi connectivity index (χ1n) is 5.33. The zero-order valence-electron chi connectivity index (χ0n) is 9.54. The van der Waals surface area contributed by atoms with Crippen molar-refractivity contribution in [2.24, 2.45) is 5.73 Å². The van der Waals surface area contributed by atoms with E-state index in [-0.39, 0.29) is 4.21 Å². The summed E-state index contributed by atoms with van der Waals surface area (Å²) in [7, 11) is -3.52. The van der Waals surface area contributed by atoms with E-state index in [1.807, 2.05) is 0 Å². The third-order valence-corrected chi connectivity index (χ3v) is 5.22. The highest BCUT2D eigenvalue weighted by molar-refractivity contribution is 7.94. The molecule has 0 saturated heterocycles. The molecule has 0 amide bonds. The monoisotopic (exact) mass is 283 g/mol. The minimum atomic E-state index is -3.52. The maximum absolute atomic E-state index is 12.1. The fraction of sp³-hybridized carbons (Fsp3) is 0.182. The molecular weight excluding hydrogens is 270 g/mol. The van der Waals surface area contributed by atoms with Gasteiger partial charge in [-0.1, -0.05) is 0 Å². The Morgan fingerprint density at radius 2 is 2.17 bits per heavy atom. The van der Waals surface area contributed by atoms with Crippen molar-refractivity contribution in [2.45, 2.75) is 10.6 Å². The summed E-state index contributed by atoms with van der Waals surface area (Å²) in [6.07, 6.45) is 3.74. The van der Waals surface area contributed by atoms with Gasteiger partial charge in [0.15, 0.2) is 0 Å². The lowest BCUT2D eigenvalue weighted by Gasteiger charge is -2.04. The van der Waals surface area contributed by atoms with E-state index in [9.17, 15) is 8.42 Å². The molecular formula is C11H13N3O2S2. The van der Waals surface area contributed by atoms with E-state index in [2.05, 4.69) is 9.71 Å². The van der Waals surface area contributed by atoms with Gasteiger partial charge >= 0.3 is 0 Å². The maximum atomic E-state index is 12.1. The molecule has 0 bridgehead atoms. The van der Waals surface area contributed by atoms with E-state index in [0.29, 0.717) is 18.7 Å². The second kappa shape index (κ2) is 5.47. The third kappa shape index (κ3) is 3.06. The Morgan fingerprint density at radius 1 is 1.33 bits per heavy atom. The molecule has 2 heterocycles. The van der Waals surface area contributed by atoms with Crippen LogP contribution in [0.2, 0.25) is 0 Å². The number of nitrogens with one attached hydrogen (secondary N) is 1. The number of hydrogen-bond donors (Lipinski definition) is 2. The Kier molecular flexibility index (Phi) is 3.95. The molecule has 96 valence electrons. The predicted molar refractivity (Wildman–Crippen MR) is 72.1 cm³/mol. The predicted octanol–water partition coefficient (Wildman–Crippen LogP) is 1.45. The number of rotatable bonds is 5. The van der Waals surface area contributed by atoms with Crippen molar-refractivity contribution in [3.8, 4) is 0 Å². The number of aromatic nitrogens is 1. The molecule has 2 aromatic rings. The molecule has 0 radical (unpaired) electrons. The maximum Gasteiger partial charge on any atom is 0.271 e. The van der Waals surface area contributed by atoms with E-state index in [1.165, 1.54) is 17.5 Å². The fourth-order valence-corrected chi connectivity index (χ4v) is 3.82. The highest BCUT2D eigenvalue weighted by Crippen LogP contribution is 2.23. The lowest BCUT2D eigenvalue weighted by atomic mass is 10.3. The minimum Gasteiger partial charge on any atom is -0.330 e. The molecule has 2 rings (SSSR count). The van der Waals surface area contributed by atoms with Crippen LogP contribution in [-0.2, 0) is 16.4 Å². The van der Waals surface area contributed by atoms with Crippen LogP contribution in [0, 0.1) is 0 Å². The number of anilines is 1. The minimum absolute atomic E-state index is 0.287. The van der Waals surface area contributed by atoms with Gasteiger partial charge in [-0.3, -0.25) is 9.71 Å². The molecule has 3 N–H and O–H groups in total. The Bertz CT molecular complexity index is 608. The molecule has 5 nitrogen and oxygen atoms in total. The van der Waals surface area contributed by atoms with Gasteiger partial charge in [-0.2, -0.15) is 0 Å². The zero-order valence-corrected chi connectivity index (χ0v) is 11.2. The molecule has 0 fully saturated rings. The van der Waals surface area contributed by atoms with Gasteiger partial charge in [-0.05, 0) is 37.2 Å². The first kappa shape index (κ1) is 13.0. The summed E-state index contributed by atoms with van der Waals surface area (Å²) in [6.45, 7) is 0.510. The van der Waals surface area contributed by atoms with E-state index in [4.69, 9.17) is 5.73 Å². The summed E-state index contributed by atoms with van der Waals surface area (Å²) >= 11 is 1.23. The second-order valence-corrected chi connectivity index (χ2v) is 6.68. The van der Waals surface area contributed by atoms with Crippen LogP contribution in [0.4, 0.5) is 5.69 Å². The first-order valence-corrected chi connectivity index (χ1v) is 7.63. The van der Waals surface area contributed by atoms with Crippen molar-refractivity contribution in [2.75, 3.05) is 11.3 Å². The normalized spacial score (nSPS) is 11.4. The summed E-state index contributed by atoms with van der Waals surface area (Å²) in [4.78, 5) is 4.82. The second-order valence-electron chi connectivity index (χ2n) is 3.61. The fourth-order valence-electron chi connectivity index (χ4n) is 1.41. The number of sulfonamides is 1. The largest absolute Gasteiger partial charge is 0.330 e. The zero-order chi connectivity index (χ0) is 13.0. The molecule has 0 aliphatic carbocycles. The van der Waals surface area contributed by atoms with Crippen molar-refractivity contribution < 1.29 is 8.42 Å². The Hall–Kier alpha value is -1.44. The highest BCUT2D eigenvalue weighted by Gasteiger charge is 2.16. The Labute approximate surface area is 110 Å². The van der Waals surface area contributed by atoms with Gasteiger partial charge < -0.3 is 5.73 Å². The standard InChI is InChI=1S/C11H13N3O2S2/c12-6-5-10-3-4-11(17-10)18(15,16)14-9-2-1-7-13-8-9/h1-4,7-8,14H,5-6,12H2. The molecule has 7 heteroatoms. The Balaban J connectivity index is 2.20. The number of pyridine rings is 1. The lowest BCUT2D eigenvalue weighted by Crippen LogP contribution is -2.11. The van der Waals surface area contributed by atoms with Gasteiger partial charge in [0, 0.05) is 11.1 Å². The topological polar surface area (TPSA) is 85.1 Å². The van der Waals surface area contributed by atoms with Gasteiger partial charge in [-0.15, -0.1) is 11.3 Å². The number of nitrogens with two attached hydrogens (primary N) is 1. The Morgan fingerprint density at radius 3 is 2.83 bits per heavy atom. The summed E-state index contributed by atoms with van der Waals surface area (Å²) in [5.41, 5.74) is 5.89. The summed E-state index contributed by atoms with van der Waals surface area (Å²) in [5, 5.41) is 0. The van der Waals surface area contributed by atoms with E-state index in [1.54, 1.807) is 30.5 Å². The van der Waals surface area contributed by atoms with Crippen LogP contribution >= 0.6 is 11.3 Å². The van der Waals surface area contributed by atoms with Crippen molar-refractivity contribution in [1.82, 2.24) is 4.98 Å². The number of thiophene rings is 1. The molecule has 0 aliphatic heterocycles. The van der Waals surface area contributed by atoms with Crippen molar-refractivity contribution in [1.29, 1.82) is 0 Å².